The zero-order valence-corrected chi connectivity index (χ0v) is 17.6. The number of thiazole rings is 1. The zero-order valence-electron chi connectivity index (χ0n) is 16.8. The second-order valence-corrected chi connectivity index (χ2v) is 8.05. The van der Waals surface area contributed by atoms with E-state index >= 15 is 0 Å². The molecule has 3 nitrogen and oxygen atoms in total. The van der Waals surface area contributed by atoms with Gasteiger partial charge in [-0.25, -0.2) is 4.98 Å². The van der Waals surface area contributed by atoms with Gasteiger partial charge in [0.25, 0.3) is 0 Å². The molecule has 0 radical (unpaired) electrons. The molecule has 0 amide bonds. The predicted molar refractivity (Wildman–Crippen MR) is 104 cm³/mol. The second kappa shape index (κ2) is 9.45. The molecule has 0 fully saturated rings. The Hall–Kier alpha value is -2.80. The minimum Gasteiger partial charge on any atom is -0.487 e. The van der Waals surface area contributed by atoms with Crippen LogP contribution in [0.15, 0.2) is 42.5 Å². The molecule has 0 aliphatic rings. The summed E-state index contributed by atoms with van der Waals surface area (Å²) in [6.07, 6.45) is -14.6. The first-order chi connectivity index (χ1) is 15.7. The van der Waals surface area contributed by atoms with Crippen LogP contribution in [0.2, 0.25) is 0 Å². The van der Waals surface area contributed by atoms with Gasteiger partial charge >= 0.3 is 18.5 Å². The number of ether oxygens (including phenoxy) is 1. The summed E-state index contributed by atoms with van der Waals surface area (Å²) in [5.41, 5.74) is -3.54. The van der Waals surface area contributed by atoms with Crippen molar-refractivity contribution in [2.24, 2.45) is 0 Å². The van der Waals surface area contributed by atoms with Gasteiger partial charge in [-0.15, -0.1) is 11.3 Å². The zero-order chi connectivity index (χ0) is 25.3. The van der Waals surface area contributed by atoms with Crippen molar-refractivity contribution in [2.45, 2.75) is 31.6 Å². The van der Waals surface area contributed by atoms with Gasteiger partial charge < -0.3 is 9.84 Å². The maximum absolute atomic E-state index is 13.0. The van der Waals surface area contributed by atoms with Crippen LogP contribution in [0.25, 0.3) is 10.6 Å². The Balaban J connectivity index is 1.89. The van der Waals surface area contributed by atoms with Crippen LogP contribution in [0.3, 0.4) is 0 Å². The summed E-state index contributed by atoms with van der Waals surface area (Å²) in [6, 6.07) is 4.86. The Kier molecular flexibility index (Phi) is 7.18. The smallest absolute Gasteiger partial charge is 0.416 e. The van der Waals surface area contributed by atoms with Gasteiger partial charge in [-0.3, -0.25) is 0 Å². The van der Waals surface area contributed by atoms with Gasteiger partial charge in [0.2, 0.25) is 0 Å². The number of hydrogen-bond donors (Lipinski definition) is 1. The van der Waals surface area contributed by atoms with E-state index in [0.717, 1.165) is 23.5 Å². The molecule has 0 bridgehead atoms. The molecule has 13 heteroatoms. The highest BCUT2D eigenvalue weighted by Gasteiger charge is 2.37. The number of benzene rings is 2. The highest BCUT2D eigenvalue weighted by atomic mass is 32.1. The molecule has 0 saturated heterocycles. The van der Waals surface area contributed by atoms with Crippen molar-refractivity contribution in [2.75, 3.05) is 6.61 Å². The molecule has 3 aromatic rings. The predicted octanol–water partition coefficient (Wildman–Crippen LogP) is 6.98. The lowest BCUT2D eigenvalue weighted by Crippen LogP contribution is -2.11. The van der Waals surface area contributed by atoms with Crippen molar-refractivity contribution < 1.29 is 49.4 Å². The van der Waals surface area contributed by atoms with Crippen LogP contribution >= 0.6 is 11.3 Å². The number of rotatable bonds is 6. The highest BCUT2D eigenvalue weighted by molar-refractivity contribution is 7.15. The lowest BCUT2D eigenvalue weighted by atomic mass is 10.1. The first kappa shape index (κ1) is 25.8. The molecule has 2 aromatic carbocycles. The van der Waals surface area contributed by atoms with Gasteiger partial charge in [-0.2, -0.15) is 39.5 Å². The van der Waals surface area contributed by atoms with Crippen molar-refractivity contribution in [1.82, 2.24) is 4.98 Å². The highest BCUT2D eigenvalue weighted by Crippen LogP contribution is 2.39. The van der Waals surface area contributed by atoms with E-state index in [1.54, 1.807) is 0 Å². The number of aliphatic hydroxyl groups excluding tert-OH is 1. The summed E-state index contributed by atoms with van der Waals surface area (Å²) >= 11 is 1.01. The Labute approximate surface area is 190 Å². The van der Waals surface area contributed by atoms with Crippen LogP contribution in [-0.4, -0.2) is 16.7 Å². The summed E-state index contributed by atoms with van der Waals surface area (Å²) < 4.78 is 122. The quantitative estimate of drug-likeness (QED) is 0.360. The molecule has 0 aliphatic carbocycles. The maximum Gasteiger partial charge on any atom is 0.416 e. The first-order valence-electron chi connectivity index (χ1n) is 9.38. The summed E-state index contributed by atoms with van der Waals surface area (Å²) in [5, 5.41) is 9.50. The van der Waals surface area contributed by atoms with Crippen molar-refractivity contribution in [3.05, 3.63) is 69.7 Å². The molecular weight excluding hydrogens is 501 g/mol. The van der Waals surface area contributed by atoms with Gasteiger partial charge in [0, 0.05) is 23.5 Å². The van der Waals surface area contributed by atoms with Crippen LogP contribution in [0.4, 0.5) is 39.5 Å². The Bertz CT molecular complexity index is 1100. The molecule has 0 atom stereocenters. The topological polar surface area (TPSA) is 42.4 Å². The lowest BCUT2D eigenvalue weighted by Gasteiger charge is -2.14. The molecule has 1 heterocycles. The van der Waals surface area contributed by atoms with Crippen LogP contribution in [0.5, 0.6) is 5.75 Å². The minimum absolute atomic E-state index is 0.0321. The van der Waals surface area contributed by atoms with E-state index in [9.17, 15) is 44.6 Å². The second-order valence-electron chi connectivity index (χ2n) is 6.97. The Morgan fingerprint density at radius 1 is 0.765 bits per heavy atom. The fraction of sp³-hybridized carbons (Fsp3) is 0.286. The third-order valence-electron chi connectivity index (χ3n) is 4.51. The molecule has 34 heavy (non-hydrogen) atoms. The molecule has 0 saturated carbocycles. The molecule has 0 spiro atoms. The van der Waals surface area contributed by atoms with E-state index < -0.39 is 47.6 Å². The van der Waals surface area contributed by atoms with E-state index in [2.05, 4.69) is 4.98 Å². The number of nitrogens with zero attached hydrogens (tertiary/aromatic N) is 1. The largest absolute Gasteiger partial charge is 0.487 e. The normalized spacial score (nSPS) is 12.8. The van der Waals surface area contributed by atoms with Crippen molar-refractivity contribution in [3.8, 4) is 16.3 Å². The molecule has 0 unspecified atom stereocenters. The lowest BCUT2D eigenvalue weighted by molar-refractivity contribution is -0.143. The van der Waals surface area contributed by atoms with Crippen molar-refractivity contribution in [1.29, 1.82) is 0 Å². The standard InChI is InChI=1S/C21H14F9NO2S/c22-19(23,24)12-3-1-11(2-4-12)18-31-16(17(34-18)5-6-32)10-33-15-8-13(20(25,26)27)7-14(9-15)21(28,29)30/h1-4,7-9,32H,5-6,10H2. The van der Waals surface area contributed by atoms with Gasteiger partial charge in [0.05, 0.1) is 22.4 Å². The average Bonchev–Trinajstić information content (AvgIpc) is 3.13. The van der Waals surface area contributed by atoms with E-state index in [4.69, 9.17) is 4.74 Å². The Morgan fingerprint density at radius 3 is 1.76 bits per heavy atom. The minimum atomic E-state index is -5.04. The fourth-order valence-corrected chi connectivity index (χ4v) is 3.94. The van der Waals surface area contributed by atoms with Gasteiger partial charge in [0.1, 0.15) is 17.4 Å². The summed E-state index contributed by atoms with van der Waals surface area (Å²) in [7, 11) is 0. The van der Waals surface area contributed by atoms with Gasteiger partial charge in [0.15, 0.2) is 0 Å². The summed E-state index contributed by atoms with van der Waals surface area (Å²) in [6.45, 7) is -0.867. The van der Waals surface area contributed by atoms with E-state index in [1.807, 2.05) is 0 Å². The van der Waals surface area contributed by atoms with Gasteiger partial charge in [-0.05, 0) is 30.3 Å². The third-order valence-corrected chi connectivity index (χ3v) is 5.72. The van der Waals surface area contributed by atoms with Crippen LogP contribution < -0.4 is 4.74 Å². The SMILES string of the molecule is OCCc1sc(-c2ccc(C(F)(F)F)cc2)nc1COc1cc(C(F)(F)F)cc(C(F)(F)F)c1. The molecule has 1 N–H and O–H groups in total. The number of aromatic nitrogens is 1. The number of alkyl halides is 9. The molecular formula is C21H14F9NO2S. The van der Waals surface area contributed by atoms with E-state index in [-0.39, 0.29) is 29.8 Å². The van der Waals surface area contributed by atoms with E-state index in [0.29, 0.717) is 22.6 Å². The third kappa shape index (κ3) is 6.20. The van der Waals surface area contributed by atoms with Gasteiger partial charge in [-0.1, -0.05) is 12.1 Å². The van der Waals surface area contributed by atoms with Crippen LogP contribution in [-0.2, 0) is 31.6 Å². The molecule has 0 aliphatic heterocycles. The number of halogens is 9. The maximum atomic E-state index is 13.0. The number of aliphatic hydroxyl groups is 1. The summed E-state index contributed by atoms with van der Waals surface area (Å²) in [4.78, 5) is 4.62. The summed E-state index contributed by atoms with van der Waals surface area (Å²) in [5.74, 6) is -0.693. The van der Waals surface area contributed by atoms with Crippen LogP contribution in [0, 0.1) is 0 Å². The monoisotopic (exact) mass is 515 g/mol. The van der Waals surface area contributed by atoms with Crippen LogP contribution in [0.1, 0.15) is 27.3 Å². The first-order valence-corrected chi connectivity index (χ1v) is 10.2. The van der Waals surface area contributed by atoms with Crippen molar-refractivity contribution in [3.63, 3.8) is 0 Å². The Morgan fingerprint density at radius 2 is 1.29 bits per heavy atom. The van der Waals surface area contributed by atoms with Crippen molar-refractivity contribution >= 4 is 11.3 Å². The molecule has 1 aromatic heterocycles. The average molecular weight is 515 g/mol. The molecule has 184 valence electrons. The van der Waals surface area contributed by atoms with E-state index in [1.165, 1.54) is 12.1 Å². The number of hydrogen-bond acceptors (Lipinski definition) is 4. The fourth-order valence-electron chi connectivity index (χ4n) is 2.88. The molecule has 3 rings (SSSR count).